The Balaban J connectivity index is 3.03. The Morgan fingerprint density at radius 2 is 1.41 bits per heavy atom. The lowest BCUT2D eigenvalue weighted by Crippen LogP contribution is -2.43. The van der Waals surface area contributed by atoms with Crippen molar-refractivity contribution >= 4 is 24.2 Å². The molecule has 2 unspecified atom stereocenters. The molecule has 0 aliphatic rings. The maximum Gasteiger partial charge on any atom is 0.513 e. The van der Waals surface area contributed by atoms with Gasteiger partial charge in [0, 0.05) is 6.54 Å². The molecule has 0 spiro atoms. The molecule has 1 aromatic rings. The first-order valence-corrected chi connectivity index (χ1v) is 13.9. The molecule has 41 heavy (non-hydrogen) atoms. The van der Waals surface area contributed by atoms with Crippen LogP contribution in [0.3, 0.4) is 0 Å². The predicted octanol–water partition coefficient (Wildman–Crippen LogP) is 5.76. The molecular formula is C30H47NO10. The van der Waals surface area contributed by atoms with E-state index in [1.165, 1.54) is 12.1 Å². The summed E-state index contributed by atoms with van der Waals surface area (Å²) >= 11 is 0. The van der Waals surface area contributed by atoms with Gasteiger partial charge in [-0.05, 0) is 48.3 Å². The summed E-state index contributed by atoms with van der Waals surface area (Å²) in [4.78, 5) is 48.8. The van der Waals surface area contributed by atoms with E-state index >= 15 is 0 Å². The van der Waals surface area contributed by atoms with Crippen molar-refractivity contribution in [2.24, 2.45) is 16.7 Å². The van der Waals surface area contributed by atoms with Crippen LogP contribution in [0, 0.1) is 16.7 Å². The van der Waals surface area contributed by atoms with Crippen LogP contribution >= 0.6 is 0 Å². The summed E-state index contributed by atoms with van der Waals surface area (Å²) in [5.41, 5.74) is -0.127. The van der Waals surface area contributed by atoms with Crippen molar-refractivity contribution < 1.29 is 48.0 Å². The van der Waals surface area contributed by atoms with Gasteiger partial charge < -0.3 is 34.1 Å². The van der Waals surface area contributed by atoms with E-state index in [0.717, 1.165) is 6.42 Å². The molecule has 0 saturated carbocycles. The summed E-state index contributed by atoms with van der Waals surface area (Å²) in [7, 11) is 0. The third-order valence-corrected chi connectivity index (χ3v) is 5.47. The van der Waals surface area contributed by atoms with Gasteiger partial charge in [0.1, 0.15) is 12.1 Å². The van der Waals surface area contributed by atoms with Gasteiger partial charge >= 0.3 is 24.2 Å². The lowest BCUT2D eigenvalue weighted by Gasteiger charge is -2.21. The fourth-order valence-electron chi connectivity index (χ4n) is 3.33. The van der Waals surface area contributed by atoms with Gasteiger partial charge in [0.25, 0.3) is 0 Å². The molecule has 0 heterocycles. The van der Waals surface area contributed by atoms with E-state index in [4.69, 9.17) is 23.7 Å². The molecule has 1 rings (SSSR count). The number of hydrogen-bond acceptors (Lipinski definition) is 10. The highest BCUT2D eigenvalue weighted by molar-refractivity contribution is 5.74. The molecule has 1 aromatic carbocycles. The molecule has 232 valence electrons. The van der Waals surface area contributed by atoms with E-state index in [9.17, 15) is 24.3 Å². The number of carbonyl (C=O) groups excluding carboxylic acids is 3. The zero-order chi connectivity index (χ0) is 31.4. The fraction of sp³-hybridized carbons (Fsp3) is 0.667. The molecule has 0 amide bonds. The number of carboxylic acid groups (broad SMARTS) is 1. The van der Waals surface area contributed by atoms with Crippen molar-refractivity contribution in [1.82, 2.24) is 5.32 Å². The van der Waals surface area contributed by atoms with Crippen LogP contribution in [0.4, 0.5) is 9.59 Å². The van der Waals surface area contributed by atoms with Crippen molar-refractivity contribution in [2.45, 2.75) is 93.7 Å². The Hall–Kier alpha value is -3.34. The number of carbonyl (C=O) groups is 4. The van der Waals surface area contributed by atoms with E-state index in [1.807, 2.05) is 48.5 Å². The standard InChI is InChI=1S/C30H47NO10/c1-10-11-19(2)26(34)39-20(3)16-31-22(25(32)33)14-21-12-13-23(40-27(35)37-17-29(4,5)6)24(15-21)41-28(36)38-18-30(7,8)9/h12-13,15,19-20,22,31H,10-11,14,16-18H2,1-9H3,(H,32,33)/t19?,20?,22-/m0/s1. The van der Waals surface area contributed by atoms with E-state index in [-0.39, 0.29) is 60.4 Å². The van der Waals surface area contributed by atoms with Crippen LogP contribution in [0.15, 0.2) is 18.2 Å². The molecule has 0 bridgehead atoms. The lowest BCUT2D eigenvalue weighted by molar-refractivity contribution is -0.152. The first kappa shape index (κ1) is 35.7. The van der Waals surface area contributed by atoms with Gasteiger partial charge in [0.2, 0.25) is 0 Å². The van der Waals surface area contributed by atoms with Crippen molar-refractivity contribution in [3.05, 3.63) is 23.8 Å². The van der Waals surface area contributed by atoms with Crippen LogP contribution in [0.2, 0.25) is 0 Å². The second-order valence-corrected chi connectivity index (χ2v) is 12.6. The minimum absolute atomic E-state index is 0.00954. The van der Waals surface area contributed by atoms with E-state index in [2.05, 4.69) is 5.32 Å². The smallest absolute Gasteiger partial charge is 0.480 e. The van der Waals surface area contributed by atoms with Gasteiger partial charge in [-0.2, -0.15) is 0 Å². The van der Waals surface area contributed by atoms with Crippen LogP contribution in [0.25, 0.3) is 0 Å². The zero-order valence-electron chi connectivity index (χ0n) is 25.8. The highest BCUT2D eigenvalue weighted by Crippen LogP contribution is 2.30. The van der Waals surface area contributed by atoms with E-state index in [1.54, 1.807) is 19.9 Å². The molecule has 3 atom stereocenters. The third kappa shape index (κ3) is 15.3. The molecule has 11 nitrogen and oxygen atoms in total. The van der Waals surface area contributed by atoms with Gasteiger partial charge in [0.05, 0.1) is 19.1 Å². The molecule has 0 radical (unpaired) electrons. The third-order valence-electron chi connectivity index (χ3n) is 5.47. The summed E-state index contributed by atoms with van der Waals surface area (Å²) < 4.78 is 26.3. The SMILES string of the molecule is CCCC(C)C(=O)OC(C)CN[C@@H](Cc1ccc(OC(=O)OCC(C)(C)C)c(OC(=O)OCC(C)(C)C)c1)C(=O)O. The quantitative estimate of drug-likeness (QED) is 0.157. The maximum atomic E-state index is 12.4. The van der Waals surface area contributed by atoms with Crippen LogP contribution in [-0.2, 0) is 30.2 Å². The van der Waals surface area contributed by atoms with Gasteiger partial charge in [-0.3, -0.25) is 9.59 Å². The second kappa shape index (κ2) is 16.2. The molecule has 0 saturated heterocycles. The topological polar surface area (TPSA) is 147 Å². The van der Waals surface area contributed by atoms with Crippen molar-refractivity contribution in [3.63, 3.8) is 0 Å². The Bertz CT molecular complexity index is 1030. The van der Waals surface area contributed by atoms with E-state index in [0.29, 0.717) is 12.0 Å². The number of hydrogen-bond donors (Lipinski definition) is 2. The van der Waals surface area contributed by atoms with Crippen LogP contribution < -0.4 is 14.8 Å². The summed E-state index contributed by atoms with van der Waals surface area (Å²) in [5, 5.41) is 12.7. The van der Waals surface area contributed by atoms with Crippen molar-refractivity contribution in [1.29, 1.82) is 0 Å². The van der Waals surface area contributed by atoms with Crippen molar-refractivity contribution in [3.8, 4) is 11.5 Å². The maximum absolute atomic E-state index is 12.4. The fourth-order valence-corrected chi connectivity index (χ4v) is 3.33. The van der Waals surface area contributed by atoms with Gasteiger partial charge in [-0.1, -0.05) is 67.9 Å². The summed E-state index contributed by atoms with van der Waals surface area (Å²) in [6, 6.07) is 3.29. The van der Waals surface area contributed by atoms with Gasteiger partial charge in [0.15, 0.2) is 11.5 Å². The summed E-state index contributed by atoms with van der Waals surface area (Å²) in [6.45, 7) is 17.1. The van der Waals surface area contributed by atoms with Crippen LogP contribution in [-0.4, -0.2) is 61.3 Å². The molecule has 0 aromatic heterocycles. The first-order chi connectivity index (χ1) is 18.9. The Morgan fingerprint density at radius 1 is 0.878 bits per heavy atom. The Kier molecular flexibility index (Phi) is 14.1. The van der Waals surface area contributed by atoms with Crippen LogP contribution in [0.1, 0.15) is 80.7 Å². The number of esters is 1. The number of carboxylic acids is 1. The number of aliphatic carboxylic acids is 1. The molecular weight excluding hydrogens is 534 g/mol. The minimum atomic E-state index is -1.12. The highest BCUT2D eigenvalue weighted by atomic mass is 16.7. The summed E-state index contributed by atoms with van der Waals surface area (Å²) in [6.07, 6.45) is -0.988. The molecule has 2 N–H and O–H groups in total. The number of nitrogens with one attached hydrogen (secondary N) is 1. The zero-order valence-corrected chi connectivity index (χ0v) is 25.8. The normalized spacial score (nSPS) is 13.9. The average molecular weight is 582 g/mol. The largest absolute Gasteiger partial charge is 0.513 e. The molecule has 0 aliphatic heterocycles. The monoisotopic (exact) mass is 581 g/mol. The minimum Gasteiger partial charge on any atom is -0.480 e. The lowest BCUT2D eigenvalue weighted by atomic mass is 9.99. The second-order valence-electron chi connectivity index (χ2n) is 12.6. The Labute approximate surface area is 243 Å². The van der Waals surface area contributed by atoms with Crippen molar-refractivity contribution in [2.75, 3.05) is 19.8 Å². The average Bonchev–Trinajstić information content (AvgIpc) is 2.84. The number of ether oxygens (including phenoxy) is 5. The number of rotatable bonds is 14. The molecule has 0 aliphatic carbocycles. The van der Waals surface area contributed by atoms with Gasteiger partial charge in [-0.25, -0.2) is 9.59 Å². The highest BCUT2D eigenvalue weighted by Gasteiger charge is 2.24. The Morgan fingerprint density at radius 3 is 1.90 bits per heavy atom. The van der Waals surface area contributed by atoms with Crippen LogP contribution in [0.5, 0.6) is 11.5 Å². The van der Waals surface area contributed by atoms with E-state index < -0.39 is 30.4 Å². The number of benzene rings is 1. The molecule has 11 heteroatoms. The molecule has 0 fully saturated rings. The summed E-state index contributed by atoms with van der Waals surface area (Å²) in [5.74, 6) is -1.92. The first-order valence-electron chi connectivity index (χ1n) is 13.9. The predicted molar refractivity (Wildman–Crippen MR) is 152 cm³/mol. The van der Waals surface area contributed by atoms with Gasteiger partial charge in [-0.15, -0.1) is 0 Å².